The molecule has 0 spiro atoms. The molecule has 14 heavy (non-hydrogen) atoms. The van der Waals surface area contributed by atoms with E-state index in [1.165, 1.54) is 0 Å². The number of carbonyl (C=O) groups is 1. The smallest absolute Gasteiger partial charge is 0.407 e. The molecule has 1 aliphatic heterocycles. The minimum Gasteiger partial charge on any atom is -0.447 e. The number of ether oxygens (including phenoxy) is 1. The van der Waals surface area contributed by atoms with Gasteiger partial charge in [-0.1, -0.05) is 18.1 Å². The molecule has 3 heteroatoms. The van der Waals surface area contributed by atoms with Crippen molar-refractivity contribution in [2.24, 2.45) is 0 Å². The number of terminal acetylenes is 1. The molecule has 1 unspecified atom stereocenters. The van der Waals surface area contributed by atoms with Gasteiger partial charge >= 0.3 is 6.09 Å². The summed E-state index contributed by atoms with van der Waals surface area (Å²) in [6, 6.07) is 7.44. The van der Waals surface area contributed by atoms with Crippen molar-refractivity contribution >= 4 is 6.09 Å². The van der Waals surface area contributed by atoms with Crippen LogP contribution in [0.25, 0.3) is 0 Å². The second-order valence-corrected chi connectivity index (χ2v) is 3.06. The maximum atomic E-state index is 10.8. The topological polar surface area (TPSA) is 38.3 Å². The van der Waals surface area contributed by atoms with Crippen LogP contribution < -0.4 is 5.32 Å². The maximum absolute atomic E-state index is 10.8. The molecule has 2 rings (SSSR count). The number of amides is 1. The molecule has 1 aliphatic rings. The molecular weight excluding hydrogens is 178 g/mol. The molecule has 0 saturated carbocycles. The van der Waals surface area contributed by atoms with Crippen LogP contribution in [0.1, 0.15) is 17.2 Å². The van der Waals surface area contributed by atoms with Gasteiger partial charge in [0.2, 0.25) is 0 Å². The lowest BCUT2D eigenvalue weighted by atomic mass is 10.1. The lowest BCUT2D eigenvalue weighted by Gasteiger charge is -2.06. The van der Waals surface area contributed by atoms with Crippen LogP contribution in [0.5, 0.6) is 0 Å². The average molecular weight is 187 g/mol. The van der Waals surface area contributed by atoms with Crippen LogP contribution in [-0.4, -0.2) is 12.7 Å². The van der Waals surface area contributed by atoms with Gasteiger partial charge in [0.25, 0.3) is 0 Å². The first kappa shape index (κ1) is 8.64. The highest BCUT2D eigenvalue weighted by molar-refractivity contribution is 5.70. The molecule has 1 aromatic carbocycles. The summed E-state index contributed by atoms with van der Waals surface area (Å²) < 4.78 is 4.79. The average Bonchev–Trinajstić information content (AvgIpc) is 2.65. The number of carbonyl (C=O) groups excluding carboxylic acids is 1. The summed E-state index contributed by atoms with van der Waals surface area (Å²) in [5.41, 5.74) is 1.84. The van der Waals surface area contributed by atoms with Crippen molar-refractivity contribution in [3.8, 4) is 12.3 Å². The molecule has 1 atom stereocenters. The van der Waals surface area contributed by atoms with Crippen molar-refractivity contribution in [3.05, 3.63) is 35.4 Å². The lowest BCUT2D eigenvalue weighted by molar-refractivity contribution is 0.177. The number of nitrogens with one attached hydrogen (secondary N) is 1. The highest BCUT2D eigenvalue weighted by Crippen LogP contribution is 2.18. The van der Waals surface area contributed by atoms with Gasteiger partial charge in [-0.15, -0.1) is 6.42 Å². The first-order valence-electron chi connectivity index (χ1n) is 4.29. The van der Waals surface area contributed by atoms with E-state index in [0.717, 1.165) is 11.1 Å². The zero-order chi connectivity index (χ0) is 9.97. The van der Waals surface area contributed by atoms with Crippen molar-refractivity contribution in [3.63, 3.8) is 0 Å². The Bertz CT molecular complexity index is 389. The maximum Gasteiger partial charge on any atom is 0.407 e. The molecule has 1 N–H and O–H groups in total. The van der Waals surface area contributed by atoms with Crippen LogP contribution in [0.2, 0.25) is 0 Å². The molecular formula is C11H9NO2. The second-order valence-electron chi connectivity index (χ2n) is 3.06. The zero-order valence-electron chi connectivity index (χ0n) is 7.49. The van der Waals surface area contributed by atoms with Gasteiger partial charge in [-0.3, -0.25) is 0 Å². The highest BCUT2D eigenvalue weighted by Gasteiger charge is 2.23. The molecule has 1 aromatic rings. The Balaban J connectivity index is 2.18. The molecule has 0 bridgehead atoms. The minimum absolute atomic E-state index is 0.0469. The SMILES string of the molecule is C#Cc1ccc(C2COC(=O)N2)cc1. The molecule has 0 radical (unpaired) electrons. The Kier molecular flexibility index (Phi) is 2.11. The number of cyclic esters (lactones) is 1. The quantitative estimate of drug-likeness (QED) is 0.676. The molecule has 1 amide bonds. The summed E-state index contributed by atoms with van der Waals surface area (Å²) in [4.78, 5) is 10.8. The van der Waals surface area contributed by atoms with Crippen molar-refractivity contribution in [1.82, 2.24) is 5.32 Å². The van der Waals surface area contributed by atoms with Crippen molar-refractivity contribution in [1.29, 1.82) is 0 Å². The van der Waals surface area contributed by atoms with Crippen molar-refractivity contribution in [2.75, 3.05) is 6.61 Å². The first-order chi connectivity index (χ1) is 6.79. The van der Waals surface area contributed by atoms with E-state index in [0.29, 0.717) is 6.61 Å². The van der Waals surface area contributed by atoms with E-state index in [-0.39, 0.29) is 12.1 Å². The molecule has 3 nitrogen and oxygen atoms in total. The van der Waals surface area contributed by atoms with Gasteiger partial charge in [-0.2, -0.15) is 0 Å². The normalized spacial score (nSPS) is 19.6. The molecule has 1 saturated heterocycles. The monoisotopic (exact) mass is 187 g/mol. The number of rotatable bonds is 1. The van der Waals surface area contributed by atoms with E-state index in [1.807, 2.05) is 24.3 Å². The molecule has 0 aromatic heterocycles. The van der Waals surface area contributed by atoms with E-state index >= 15 is 0 Å². The van der Waals surface area contributed by atoms with Gasteiger partial charge in [0.1, 0.15) is 6.61 Å². The van der Waals surface area contributed by atoms with Gasteiger partial charge in [0.15, 0.2) is 0 Å². The second kappa shape index (κ2) is 3.43. The summed E-state index contributed by atoms with van der Waals surface area (Å²) in [5, 5.41) is 2.69. The number of hydrogen-bond donors (Lipinski definition) is 1. The fourth-order valence-electron chi connectivity index (χ4n) is 1.38. The van der Waals surface area contributed by atoms with E-state index in [4.69, 9.17) is 11.2 Å². The zero-order valence-corrected chi connectivity index (χ0v) is 7.49. The Morgan fingerprint density at radius 3 is 2.64 bits per heavy atom. The largest absolute Gasteiger partial charge is 0.447 e. The van der Waals surface area contributed by atoms with Gasteiger partial charge in [0, 0.05) is 5.56 Å². The molecule has 1 fully saturated rings. The summed E-state index contributed by atoms with van der Waals surface area (Å²) in [5.74, 6) is 2.53. The minimum atomic E-state index is -0.365. The van der Waals surface area contributed by atoms with Crippen LogP contribution in [-0.2, 0) is 4.74 Å². The lowest BCUT2D eigenvalue weighted by Crippen LogP contribution is -2.18. The third kappa shape index (κ3) is 1.55. The van der Waals surface area contributed by atoms with Gasteiger partial charge in [-0.05, 0) is 17.7 Å². The van der Waals surface area contributed by atoms with Gasteiger partial charge in [-0.25, -0.2) is 4.79 Å². The molecule has 0 aliphatic carbocycles. The highest BCUT2D eigenvalue weighted by atomic mass is 16.6. The van der Waals surface area contributed by atoms with E-state index in [2.05, 4.69) is 11.2 Å². The van der Waals surface area contributed by atoms with Crippen LogP contribution in [0, 0.1) is 12.3 Å². The van der Waals surface area contributed by atoms with E-state index in [1.54, 1.807) is 0 Å². The van der Waals surface area contributed by atoms with Gasteiger partial charge in [0.05, 0.1) is 6.04 Å². The first-order valence-corrected chi connectivity index (χ1v) is 4.29. The summed E-state index contributed by atoms with van der Waals surface area (Å²) in [6.07, 6.45) is 4.87. The fraction of sp³-hybridized carbons (Fsp3) is 0.182. The van der Waals surface area contributed by atoms with Crippen molar-refractivity contribution in [2.45, 2.75) is 6.04 Å². The third-order valence-corrected chi connectivity index (χ3v) is 2.15. The Morgan fingerprint density at radius 1 is 1.43 bits per heavy atom. The predicted molar refractivity (Wildman–Crippen MR) is 51.6 cm³/mol. The predicted octanol–water partition coefficient (Wildman–Crippen LogP) is 1.45. The standard InChI is InChI=1S/C11H9NO2/c1-2-8-3-5-9(6-4-8)10-7-14-11(13)12-10/h1,3-6,10H,7H2,(H,12,13). The molecule has 1 heterocycles. The summed E-state index contributed by atoms with van der Waals surface area (Å²) in [7, 11) is 0. The van der Waals surface area contributed by atoms with Crippen LogP contribution in [0.4, 0.5) is 4.79 Å². The Hall–Kier alpha value is -1.95. The fourth-order valence-corrected chi connectivity index (χ4v) is 1.38. The van der Waals surface area contributed by atoms with E-state index < -0.39 is 0 Å². The number of alkyl carbamates (subject to hydrolysis) is 1. The van der Waals surface area contributed by atoms with Crippen LogP contribution in [0.3, 0.4) is 0 Å². The van der Waals surface area contributed by atoms with Gasteiger partial charge < -0.3 is 10.1 Å². The van der Waals surface area contributed by atoms with Crippen LogP contribution >= 0.6 is 0 Å². The van der Waals surface area contributed by atoms with Crippen LogP contribution in [0.15, 0.2) is 24.3 Å². The Labute approximate surface area is 82.1 Å². The number of hydrogen-bond acceptors (Lipinski definition) is 2. The molecule has 70 valence electrons. The van der Waals surface area contributed by atoms with E-state index in [9.17, 15) is 4.79 Å². The summed E-state index contributed by atoms with van der Waals surface area (Å²) in [6.45, 7) is 0.383. The third-order valence-electron chi connectivity index (χ3n) is 2.15. The van der Waals surface area contributed by atoms with Crippen molar-refractivity contribution < 1.29 is 9.53 Å². The Morgan fingerprint density at radius 2 is 2.14 bits per heavy atom. The number of benzene rings is 1. The summed E-state index contributed by atoms with van der Waals surface area (Å²) >= 11 is 0.